The maximum absolute atomic E-state index is 12.6. The Morgan fingerprint density at radius 1 is 1.00 bits per heavy atom. The van der Waals surface area contributed by atoms with Gasteiger partial charge in [-0.25, -0.2) is 9.97 Å². The molecule has 6 nitrogen and oxygen atoms in total. The number of hydrogen-bond acceptors (Lipinski definition) is 6. The molecule has 0 saturated heterocycles. The van der Waals surface area contributed by atoms with E-state index in [1.54, 1.807) is 12.4 Å². The summed E-state index contributed by atoms with van der Waals surface area (Å²) in [5.41, 5.74) is 0. The normalized spacial score (nSPS) is 17.5. The van der Waals surface area contributed by atoms with Crippen LogP contribution in [-0.4, -0.2) is 34.4 Å². The van der Waals surface area contributed by atoms with Crippen LogP contribution in [-0.2, 0) is 0 Å². The van der Waals surface area contributed by atoms with E-state index in [-0.39, 0.29) is 17.9 Å². The maximum atomic E-state index is 12.6. The molecule has 2 aliphatic carbocycles. The Morgan fingerprint density at radius 3 is 2.04 bits per heavy atom. The lowest BCUT2D eigenvalue weighted by molar-refractivity contribution is 0.0907. The first-order valence-electron chi connectivity index (χ1n) is 10.00. The second-order valence-corrected chi connectivity index (χ2v) is 10.3. The van der Waals surface area contributed by atoms with Gasteiger partial charge >= 0.3 is 0 Å². The predicted molar refractivity (Wildman–Crippen MR) is 111 cm³/mol. The van der Waals surface area contributed by atoms with Crippen LogP contribution in [0.1, 0.15) is 87.1 Å². The van der Waals surface area contributed by atoms with Crippen molar-refractivity contribution in [3.63, 3.8) is 0 Å². The smallest absolute Gasteiger partial charge is 0.263 e. The third-order valence-electron chi connectivity index (χ3n) is 4.95. The van der Waals surface area contributed by atoms with Crippen LogP contribution in [0.5, 0.6) is 0 Å². The summed E-state index contributed by atoms with van der Waals surface area (Å²) >= 11 is 2.97. The van der Waals surface area contributed by atoms with Gasteiger partial charge in [-0.2, -0.15) is 0 Å². The fourth-order valence-corrected chi connectivity index (χ4v) is 5.14. The molecule has 4 rings (SSSR count). The number of rotatable bonds is 9. The SMILES string of the molecule is CC(C)CC(CNC(=O)c1cnc(C2CC2)s1)NC(=O)c1cnc(C2CC2)s1. The summed E-state index contributed by atoms with van der Waals surface area (Å²) in [6.07, 6.45) is 8.85. The number of hydrogen-bond donors (Lipinski definition) is 2. The Kier molecular flexibility index (Phi) is 5.78. The lowest BCUT2D eigenvalue weighted by Gasteiger charge is -2.20. The molecule has 1 atom stereocenters. The Hall–Kier alpha value is -1.80. The van der Waals surface area contributed by atoms with Crippen LogP contribution in [0.3, 0.4) is 0 Å². The summed E-state index contributed by atoms with van der Waals surface area (Å²) in [5.74, 6) is 1.31. The minimum atomic E-state index is -0.112. The van der Waals surface area contributed by atoms with Gasteiger partial charge in [-0.3, -0.25) is 9.59 Å². The van der Waals surface area contributed by atoms with Crippen LogP contribution in [0.2, 0.25) is 0 Å². The molecule has 2 aromatic rings. The largest absolute Gasteiger partial charge is 0.349 e. The van der Waals surface area contributed by atoms with Crippen LogP contribution < -0.4 is 10.6 Å². The Balaban J connectivity index is 1.33. The van der Waals surface area contributed by atoms with Gasteiger partial charge in [0.05, 0.1) is 22.4 Å². The summed E-state index contributed by atoms with van der Waals surface area (Å²) in [6, 6.07) is -0.112. The van der Waals surface area contributed by atoms with E-state index >= 15 is 0 Å². The van der Waals surface area contributed by atoms with Gasteiger partial charge in [0.25, 0.3) is 11.8 Å². The summed E-state index contributed by atoms with van der Waals surface area (Å²) in [5, 5.41) is 8.18. The average Bonchev–Trinajstić information content (AvgIpc) is 3.59. The van der Waals surface area contributed by atoms with Crippen LogP contribution in [0.25, 0.3) is 0 Å². The van der Waals surface area contributed by atoms with E-state index in [9.17, 15) is 9.59 Å². The molecule has 2 aromatic heterocycles. The molecule has 150 valence electrons. The van der Waals surface area contributed by atoms with Crippen molar-refractivity contribution in [3.05, 3.63) is 32.2 Å². The van der Waals surface area contributed by atoms with Crippen LogP contribution in [0.15, 0.2) is 12.4 Å². The zero-order valence-electron chi connectivity index (χ0n) is 16.2. The molecule has 2 N–H and O–H groups in total. The van der Waals surface area contributed by atoms with E-state index in [0.717, 1.165) is 16.4 Å². The number of carbonyl (C=O) groups is 2. The second kappa shape index (κ2) is 8.29. The van der Waals surface area contributed by atoms with E-state index < -0.39 is 0 Å². The lowest BCUT2D eigenvalue weighted by Crippen LogP contribution is -2.44. The Labute approximate surface area is 173 Å². The van der Waals surface area contributed by atoms with Crippen molar-refractivity contribution < 1.29 is 9.59 Å². The van der Waals surface area contributed by atoms with E-state index in [4.69, 9.17) is 0 Å². The number of thiazole rings is 2. The number of amides is 2. The molecule has 0 spiro atoms. The fourth-order valence-electron chi connectivity index (χ4n) is 3.15. The average molecular weight is 419 g/mol. The first-order valence-corrected chi connectivity index (χ1v) is 11.6. The van der Waals surface area contributed by atoms with Gasteiger partial charge in [-0.1, -0.05) is 13.8 Å². The van der Waals surface area contributed by atoms with Crippen LogP contribution >= 0.6 is 22.7 Å². The minimum Gasteiger partial charge on any atom is -0.349 e. The second-order valence-electron chi connectivity index (χ2n) is 8.18. The first-order chi connectivity index (χ1) is 13.5. The zero-order valence-corrected chi connectivity index (χ0v) is 17.9. The Morgan fingerprint density at radius 2 is 1.54 bits per heavy atom. The van der Waals surface area contributed by atoms with Gasteiger partial charge in [0.2, 0.25) is 0 Å². The highest BCUT2D eigenvalue weighted by molar-refractivity contribution is 7.14. The zero-order chi connectivity index (χ0) is 19.7. The van der Waals surface area contributed by atoms with Crippen molar-refractivity contribution in [1.82, 2.24) is 20.6 Å². The van der Waals surface area contributed by atoms with Gasteiger partial charge in [0.1, 0.15) is 9.75 Å². The van der Waals surface area contributed by atoms with E-state index in [1.807, 2.05) is 0 Å². The van der Waals surface area contributed by atoms with E-state index in [2.05, 4.69) is 34.4 Å². The van der Waals surface area contributed by atoms with Gasteiger partial charge in [0, 0.05) is 24.4 Å². The first kappa shape index (κ1) is 19.5. The molecule has 28 heavy (non-hydrogen) atoms. The number of nitrogens with one attached hydrogen (secondary N) is 2. The molecular formula is C20H26N4O2S2. The van der Waals surface area contributed by atoms with Crippen molar-refractivity contribution in [2.45, 2.75) is 63.8 Å². The molecule has 0 aliphatic heterocycles. The minimum absolute atomic E-state index is 0.0990. The summed E-state index contributed by atoms with van der Waals surface area (Å²) in [7, 11) is 0. The molecule has 0 radical (unpaired) electrons. The third-order valence-corrected chi connectivity index (χ3v) is 7.27. The molecule has 2 fully saturated rings. The molecule has 1 unspecified atom stereocenters. The standard InChI is InChI=1S/C20H26N4O2S2/c1-11(2)7-14(24-18(26)16-10-23-20(28-16)13-5-6-13)8-21-17(25)15-9-22-19(27-15)12-3-4-12/h9-14H,3-8H2,1-2H3,(H,21,25)(H,24,26). The van der Waals surface area contributed by atoms with E-state index in [0.29, 0.717) is 34.1 Å². The topological polar surface area (TPSA) is 84.0 Å². The van der Waals surface area contributed by atoms with Crippen molar-refractivity contribution in [1.29, 1.82) is 0 Å². The number of carbonyl (C=O) groups excluding carboxylic acids is 2. The molecular weight excluding hydrogens is 392 g/mol. The van der Waals surface area contributed by atoms with Crippen molar-refractivity contribution >= 4 is 34.5 Å². The molecule has 2 heterocycles. The van der Waals surface area contributed by atoms with Gasteiger partial charge in [-0.05, 0) is 38.0 Å². The monoisotopic (exact) mass is 418 g/mol. The fraction of sp³-hybridized carbons (Fsp3) is 0.600. The number of aromatic nitrogens is 2. The molecule has 0 bridgehead atoms. The highest BCUT2D eigenvalue weighted by atomic mass is 32.1. The van der Waals surface area contributed by atoms with Crippen molar-refractivity contribution in [2.24, 2.45) is 5.92 Å². The highest BCUT2D eigenvalue weighted by Gasteiger charge is 2.29. The van der Waals surface area contributed by atoms with E-state index in [1.165, 1.54) is 48.4 Å². The van der Waals surface area contributed by atoms with Gasteiger partial charge < -0.3 is 10.6 Å². The summed E-state index contributed by atoms with van der Waals surface area (Å²) in [4.78, 5) is 35.2. The molecule has 2 amide bonds. The van der Waals surface area contributed by atoms with Gasteiger partial charge in [-0.15, -0.1) is 22.7 Å². The quantitative estimate of drug-likeness (QED) is 0.646. The van der Waals surface area contributed by atoms with Crippen molar-refractivity contribution in [3.8, 4) is 0 Å². The molecule has 2 saturated carbocycles. The van der Waals surface area contributed by atoms with Crippen molar-refractivity contribution in [2.75, 3.05) is 6.54 Å². The predicted octanol–water partition coefficient (Wildman–Crippen LogP) is 3.93. The molecule has 0 aromatic carbocycles. The lowest BCUT2D eigenvalue weighted by atomic mass is 10.0. The van der Waals surface area contributed by atoms with Crippen LogP contribution in [0.4, 0.5) is 0 Å². The molecule has 2 aliphatic rings. The number of nitrogens with zero attached hydrogens (tertiary/aromatic N) is 2. The maximum Gasteiger partial charge on any atom is 0.263 e. The third kappa shape index (κ3) is 4.97. The summed E-state index contributed by atoms with van der Waals surface area (Å²) in [6.45, 7) is 4.64. The Bertz CT molecular complexity index is 852. The van der Waals surface area contributed by atoms with Gasteiger partial charge in [0.15, 0.2) is 0 Å². The molecule has 8 heteroatoms. The van der Waals surface area contributed by atoms with Crippen LogP contribution in [0, 0.1) is 5.92 Å². The highest BCUT2D eigenvalue weighted by Crippen LogP contribution is 2.42. The summed E-state index contributed by atoms with van der Waals surface area (Å²) < 4.78 is 0.